The summed E-state index contributed by atoms with van der Waals surface area (Å²) in [6, 6.07) is 5.83. The third kappa shape index (κ3) is 4.36. The van der Waals surface area contributed by atoms with Crippen molar-refractivity contribution in [2.45, 2.75) is 6.54 Å². The van der Waals surface area contributed by atoms with Gasteiger partial charge < -0.3 is 5.11 Å². The lowest BCUT2D eigenvalue weighted by atomic mass is 10.1. The Morgan fingerprint density at radius 2 is 2.28 bits per heavy atom. The maximum Gasteiger partial charge on any atom is 0.317 e. The van der Waals surface area contributed by atoms with Crippen molar-refractivity contribution >= 4 is 5.97 Å². The molecular formula is C13H13FN2O2. The molecule has 0 unspecified atom stereocenters. The van der Waals surface area contributed by atoms with Gasteiger partial charge in [-0.3, -0.25) is 9.69 Å². The van der Waals surface area contributed by atoms with Gasteiger partial charge in [0.2, 0.25) is 0 Å². The van der Waals surface area contributed by atoms with E-state index >= 15 is 0 Å². The van der Waals surface area contributed by atoms with Crippen LogP contribution in [0.25, 0.3) is 0 Å². The van der Waals surface area contributed by atoms with E-state index in [0.717, 1.165) is 6.07 Å². The van der Waals surface area contributed by atoms with Crippen molar-refractivity contribution in [3.63, 3.8) is 0 Å². The molecular weight excluding hydrogens is 235 g/mol. The first-order valence-corrected chi connectivity index (χ1v) is 5.29. The molecule has 94 valence electrons. The largest absolute Gasteiger partial charge is 0.480 e. The molecule has 0 heterocycles. The highest BCUT2D eigenvalue weighted by Gasteiger charge is 2.10. The van der Waals surface area contributed by atoms with Crippen LogP contribution in [0.5, 0.6) is 0 Å². The second-order valence-corrected chi connectivity index (χ2v) is 3.81. The molecule has 18 heavy (non-hydrogen) atoms. The topological polar surface area (TPSA) is 64.3 Å². The van der Waals surface area contributed by atoms with Crippen molar-refractivity contribution in [3.8, 4) is 6.07 Å². The van der Waals surface area contributed by atoms with E-state index in [2.05, 4.69) is 6.58 Å². The van der Waals surface area contributed by atoms with Crippen molar-refractivity contribution in [1.82, 2.24) is 4.90 Å². The quantitative estimate of drug-likeness (QED) is 0.779. The summed E-state index contributed by atoms with van der Waals surface area (Å²) in [4.78, 5) is 12.3. The summed E-state index contributed by atoms with van der Waals surface area (Å²) in [6.07, 6.45) is 1.58. The highest BCUT2D eigenvalue weighted by Crippen LogP contribution is 2.11. The van der Waals surface area contributed by atoms with Crippen molar-refractivity contribution in [3.05, 3.63) is 47.8 Å². The lowest BCUT2D eigenvalue weighted by Gasteiger charge is -2.18. The Morgan fingerprint density at radius 3 is 2.83 bits per heavy atom. The van der Waals surface area contributed by atoms with Crippen LogP contribution >= 0.6 is 0 Å². The molecule has 0 aliphatic rings. The van der Waals surface area contributed by atoms with Crippen LogP contribution in [0.2, 0.25) is 0 Å². The summed E-state index contributed by atoms with van der Waals surface area (Å²) in [6.45, 7) is 4.01. The van der Waals surface area contributed by atoms with Crippen LogP contribution in [-0.2, 0) is 11.3 Å². The number of aliphatic carboxylic acids is 1. The van der Waals surface area contributed by atoms with Gasteiger partial charge in [-0.1, -0.05) is 6.08 Å². The lowest BCUT2D eigenvalue weighted by molar-refractivity contribution is -0.138. The molecule has 0 aliphatic heterocycles. The van der Waals surface area contributed by atoms with Crippen LogP contribution in [0.15, 0.2) is 30.9 Å². The minimum absolute atomic E-state index is 0.162. The van der Waals surface area contributed by atoms with Crippen molar-refractivity contribution in [2.75, 3.05) is 13.1 Å². The number of carbonyl (C=O) groups is 1. The fraction of sp³-hybridized carbons (Fsp3) is 0.231. The summed E-state index contributed by atoms with van der Waals surface area (Å²) >= 11 is 0. The number of hydrogen-bond acceptors (Lipinski definition) is 3. The van der Waals surface area contributed by atoms with Gasteiger partial charge in [-0.2, -0.15) is 5.26 Å². The van der Waals surface area contributed by atoms with Gasteiger partial charge in [0.25, 0.3) is 0 Å². The predicted octanol–water partition coefficient (Wildman–Crippen LogP) is 1.77. The van der Waals surface area contributed by atoms with Crippen LogP contribution in [0.3, 0.4) is 0 Å². The SMILES string of the molecule is C=CCN(CC(=O)O)Cc1cc(F)cc(C#N)c1. The van der Waals surface area contributed by atoms with E-state index < -0.39 is 11.8 Å². The zero-order valence-corrected chi connectivity index (χ0v) is 9.77. The average molecular weight is 248 g/mol. The standard InChI is InChI=1S/C13H13FN2O2/c1-2-3-16(9-13(17)18)8-11-4-10(7-15)5-12(14)6-11/h2,4-6H,1,3,8-9H2,(H,17,18). The maximum atomic E-state index is 13.2. The molecule has 1 aromatic carbocycles. The molecule has 0 spiro atoms. The molecule has 1 rings (SSSR count). The van der Waals surface area contributed by atoms with E-state index in [1.807, 2.05) is 6.07 Å². The first kappa shape index (κ1) is 13.9. The first-order chi connectivity index (χ1) is 8.55. The molecule has 0 saturated carbocycles. The first-order valence-electron chi connectivity index (χ1n) is 5.29. The summed E-state index contributed by atoms with van der Waals surface area (Å²) in [5.74, 6) is -1.47. The monoisotopic (exact) mass is 248 g/mol. The Kier molecular flexibility index (Phi) is 5.03. The fourth-order valence-electron chi connectivity index (χ4n) is 1.62. The van der Waals surface area contributed by atoms with E-state index in [-0.39, 0.29) is 18.7 Å². The highest BCUT2D eigenvalue weighted by molar-refractivity contribution is 5.69. The van der Waals surface area contributed by atoms with Gasteiger partial charge in [-0.05, 0) is 23.8 Å². The summed E-state index contributed by atoms with van der Waals surface area (Å²) in [7, 11) is 0. The molecule has 0 fully saturated rings. The van der Waals surface area contributed by atoms with Crippen LogP contribution in [0.4, 0.5) is 4.39 Å². The van der Waals surface area contributed by atoms with Gasteiger partial charge in [0.15, 0.2) is 0 Å². The van der Waals surface area contributed by atoms with Crippen LogP contribution in [0, 0.1) is 17.1 Å². The molecule has 0 bridgehead atoms. The predicted molar refractivity (Wildman–Crippen MR) is 64.2 cm³/mol. The average Bonchev–Trinajstić information content (AvgIpc) is 2.27. The second kappa shape index (κ2) is 6.52. The molecule has 0 atom stereocenters. The van der Waals surface area contributed by atoms with Gasteiger partial charge in [0.1, 0.15) is 5.82 Å². The van der Waals surface area contributed by atoms with E-state index in [1.54, 1.807) is 17.0 Å². The number of rotatable bonds is 6. The van der Waals surface area contributed by atoms with Gasteiger partial charge in [-0.25, -0.2) is 4.39 Å². The van der Waals surface area contributed by atoms with E-state index in [9.17, 15) is 9.18 Å². The molecule has 0 aliphatic carbocycles. The van der Waals surface area contributed by atoms with Gasteiger partial charge in [0.05, 0.1) is 18.2 Å². The van der Waals surface area contributed by atoms with Gasteiger partial charge >= 0.3 is 5.97 Å². The summed E-state index contributed by atoms with van der Waals surface area (Å²) in [5.41, 5.74) is 0.786. The maximum absolute atomic E-state index is 13.2. The molecule has 0 aromatic heterocycles. The number of nitriles is 1. The van der Waals surface area contributed by atoms with Crippen molar-refractivity contribution in [1.29, 1.82) is 5.26 Å². The molecule has 0 amide bonds. The minimum atomic E-state index is -0.964. The molecule has 1 N–H and O–H groups in total. The minimum Gasteiger partial charge on any atom is -0.480 e. The number of halogens is 1. The van der Waals surface area contributed by atoms with Crippen molar-refractivity contribution in [2.24, 2.45) is 0 Å². The number of carboxylic acids is 1. The summed E-state index contributed by atoms with van der Waals surface area (Å²) < 4.78 is 13.2. The van der Waals surface area contributed by atoms with Crippen LogP contribution in [0.1, 0.15) is 11.1 Å². The Labute approximate surface area is 105 Å². The summed E-state index contributed by atoms with van der Waals surface area (Å²) in [5, 5.41) is 17.5. The smallest absolute Gasteiger partial charge is 0.317 e. The lowest BCUT2D eigenvalue weighted by Crippen LogP contribution is -2.29. The van der Waals surface area contributed by atoms with Crippen molar-refractivity contribution < 1.29 is 14.3 Å². The Morgan fingerprint density at radius 1 is 1.56 bits per heavy atom. The van der Waals surface area contributed by atoms with Crippen LogP contribution < -0.4 is 0 Å². The number of nitrogens with zero attached hydrogens (tertiary/aromatic N) is 2. The zero-order valence-electron chi connectivity index (χ0n) is 9.77. The third-order valence-corrected chi connectivity index (χ3v) is 2.24. The van der Waals surface area contributed by atoms with Crippen LogP contribution in [-0.4, -0.2) is 29.1 Å². The Bertz CT molecular complexity index is 494. The van der Waals surface area contributed by atoms with E-state index in [0.29, 0.717) is 12.1 Å². The number of benzene rings is 1. The van der Waals surface area contributed by atoms with Gasteiger partial charge in [-0.15, -0.1) is 6.58 Å². The third-order valence-electron chi connectivity index (χ3n) is 2.24. The zero-order chi connectivity index (χ0) is 13.5. The molecule has 1 aromatic rings. The Balaban J connectivity index is 2.86. The normalized spacial score (nSPS) is 10.1. The Hall–Kier alpha value is -2.19. The number of hydrogen-bond donors (Lipinski definition) is 1. The second-order valence-electron chi connectivity index (χ2n) is 3.81. The number of carboxylic acid groups (broad SMARTS) is 1. The van der Waals surface area contributed by atoms with E-state index in [4.69, 9.17) is 10.4 Å². The molecule has 4 nitrogen and oxygen atoms in total. The fourth-order valence-corrected chi connectivity index (χ4v) is 1.62. The van der Waals surface area contributed by atoms with Gasteiger partial charge in [0, 0.05) is 13.1 Å². The molecule has 0 saturated heterocycles. The highest BCUT2D eigenvalue weighted by atomic mass is 19.1. The van der Waals surface area contributed by atoms with E-state index in [1.165, 1.54) is 6.07 Å². The molecule has 0 radical (unpaired) electrons. The molecule has 5 heteroatoms.